The zero-order valence-corrected chi connectivity index (χ0v) is 12.8. The van der Waals surface area contributed by atoms with Crippen LogP contribution in [0.4, 0.5) is 0 Å². The first-order valence-electron chi connectivity index (χ1n) is 5.45. The van der Waals surface area contributed by atoms with E-state index in [4.69, 9.17) is 11.6 Å². The molecule has 4 heteroatoms. The van der Waals surface area contributed by atoms with Gasteiger partial charge in [0.05, 0.1) is 18.1 Å². The van der Waals surface area contributed by atoms with Crippen LogP contribution in [0.5, 0.6) is 0 Å². The Kier molecular flexibility index (Phi) is 4.09. The highest BCUT2D eigenvalue weighted by molar-refractivity contribution is 14.1. The fourth-order valence-corrected chi connectivity index (χ4v) is 2.59. The van der Waals surface area contributed by atoms with Gasteiger partial charge in [-0.25, -0.2) is 0 Å². The van der Waals surface area contributed by atoms with Gasteiger partial charge in [-0.2, -0.15) is 5.10 Å². The van der Waals surface area contributed by atoms with Crippen LogP contribution in [-0.4, -0.2) is 9.78 Å². The molecule has 0 atom stereocenters. The third-order valence-corrected chi connectivity index (χ3v) is 3.90. The van der Waals surface area contributed by atoms with E-state index in [9.17, 15) is 0 Å². The summed E-state index contributed by atoms with van der Waals surface area (Å²) < 4.78 is 3.27. The minimum Gasteiger partial charge on any atom is -0.265 e. The standard InChI is InChI=1S/C13H14ClIN2/c1-9-13(7-14)10(2)17(16-9)8-11-3-5-12(15)6-4-11/h3-6H,7-8H2,1-2H3. The lowest BCUT2D eigenvalue weighted by molar-refractivity contribution is 0.658. The van der Waals surface area contributed by atoms with Crippen molar-refractivity contribution in [1.82, 2.24) is 9.78 Å². The molecule has 1 aromatic heterocycles. The average Bonchev–Trinajstić information content (AvgIpc) is 2.57. The Morgan fingerprint density at radius 3 is 2.41 bits per heavy atom. The Labute approximate surface area is 120 Å². The number of halogens is 2. The van der Waals surface area contributed by atoms with Gasteiger partial charge in [-0.05, 0) is 54.1 Å². The molecule has 0 saturated carbocycles. The second-order valence-electron chi connectivity index (χ2n) is 4.07. The maximum absolute atomic E-state index is 5.92. The molecule has 0 bridgehead atoms. The van der Waals surface area contributed by atoms with E-state index < -0.39 is 0 Å². The molecule has 0 saturated heterocycles. The van der Waals surface area contributed by atoms with Crippen LogP contribution in [0.2, 0.25) is 0 Å². The smallest absolute Gasteiger partial charge is 0.0662 e. The number of aromatic nitrogens is 2. The van der Waals surface area contributed by atoms with E-state index in [2.05, 4.69) is 58.9 Å². The fourth-order valence-electron chi connectivity index (χ4n) is 1.84. The molecule has 0 fully saturated rings. The number of rotatable bonds is 3. The lowest BCUT2D eigenvalue weighted by Crippen LogP contribution is -2.04. The Bertz CT molecular complexity index is 517. The van der Waals surface area contributed by atoms with Crippen LogP contribution in [-0.2, 0) is 12.4 Å². The van der Waals surface area contributed by atoms with Gasteiger partial charge in [-0.3, -0.25) is 4.68 Å². The van der Waals surface area contributed by atoms with Crippen molar-refractivity contribution >= 4 is 34.2 Å². The first kappa shape index (κ1) is 12.9. The normalized spacial score (nSPS) is 10.8. The SMILES string of the molecule is Cc1nn(Cc2ccc(I)cc2)c(C)c1CCl. The van der Waals surface area contributed by atoms with Gasteiger partial charge in [0.2, 0.25) is 0 Å². The lowest BCUT2D eigenvalue weighted by atomic mass is 10.2. The molecule has 1 heterocycles. The molecule has 0 amide bonds. The minimum absolute atomic E-state index is 0.532. The highest BCUT2D eigenvalue weighted by atomic mass is 127. The molecule has 0 unspecified atom stereocenters. The maximum atomic E-state index is 5.92. The van der Waals surface area contributed by atoms with Crippen LogP contribution >= 0.6 is 34.2 Å². The number of hydrogen-bond acceptors (Lipinski definition) is 1. The Morgan fingerprint density at radius 1 is 1.24 bits per heavy atom. The maximum Gasteiger partial charge on any atom is 0.0662 e. The summed E-state index contributed by atoms with van der Waals surface area (Å²) in [5, 5.41) is 4.53. The van der Waals surface area contributed by atoms with Gasteiger partial charge in [0.25, 0.3) is 0 Å². The molecule has 0 aliphatic rings. The third kappa shape index (κ3) is 2.83. The minimum atomic E-state index is 0.532. The summed E-state index contributed by atoms with van der Waals surface area (Å²) in [7, 11) is 0. The summed E-state index contributed by atoms with van der Waals surface area (Å²) in [5.74, 6) is 0.532. The first-order valence-corrected chi connectivity index (χ1v) is 7.06. The van der Waals surface area contributed by atoms with Gasteiger partial charge in [0.15, 0.2) is 0 Å². The van der Waals surface area contributed by atoms with Gasteiger partial charge in [0, 0.05) is 14.8 Å². The van der Waals surface area contributed by atoms with E-state index >= 15 is 0 Å². The largest absolute Gasteiger partial charge is 0.265 e. The molecular formula is C13H14ClIN2. The molecule has 2 nitrogen and oxygen atoms in total. The van der Waals surface area contributed by atoms with E-state index in [0.717, 1.165) is 23.5 Å². The van der Waals surface area contributed by atoms with Crippen molar-refractivity contribution in [3.8, 4) is 0 Å². The molecule has 17 heavy (non-hydrogen) atoms. The quantitative estimate of drug-likeness (QED) is 0.600. The number of benzene rings is 1. The summed E-state index contributed by atoms with van der Waals surface area (Å²) in [5.41, 5.74) is 4.60. The predicted molar refractivity (Wildman–Crippen MR) is 79.5 cm³/mol. The number of nitrogens with zero attached hydrogens (tertiary/aromatic N) is 2. The van der Waals surface area contributed by atoms with Crippen molar-refractivity contribution in [2.45, 2.75) is 26.3 Å². The average molecular weight is 361 g/mol. The van der Waals surface area contributed by atoms with Gasteiger partial charge >= 0.3 is 0 Å². The van der Waals surface area contributed by atoms with Crippen LogP contribution < -0.4 is 0 Å². The second kappa shape index (κ2) is 5.40. The zero-order chi connectivity index (χ0) is 12.4. The van der Waals surface area contributed by atoms with Crippen LogP contribution in [0.15, 0.2) is 24.3 Å². The van der Waals surface area contributed by atoms with E-state index in [1.54, 1.807) is 0 Å². The molecule has 0 aliphatic carbocycles. The summed E-state index contributed by atoms with van der Waals surface area (Å²) in [6.07, 6.45) is 0. The van der Waals surface area contributed by atoms with E-state index in [-0.39, 0.29) is 0 Å². The number of aryl methyl sites for hydroxylation is 1. The summed E-state index contributed by atoms with van der Waals surface area (Å²) >= 11 is 8.23. The molecule has 1 aromatic carbocycles. The molecule has 0 aliphatic heterocycles. The zero-order valence-electron chi connectivity index (χ0n) is 9.87. The predicted octanol–water partition coefficient (Wildman–Crippen LogP) is 3.89. The van der Waals surface area contributed by atoms with Gasteiger partial charge in [-0.15, -0.1) is 11.6 Å². The van der Waals surface area contributed by atoms with Gasteiger partial charge in [-0.1, -0.05) is 12.1 Å². The van der Waals surface area contributed by atoms with E-state index in [1.165, 1.54) is 9.13 Å². The van der Waals surface area contributed by atoms with E-state index in [1.807, 2.05) is 11.6 Å². The van der Waals surface area contributed by atoms with Crippen LogP contribution in [0.25, 0.3) is 0 Å². The Balaban J connectivity index is 2.27. The molecule has 0 spiro atoms. The van der Waals surface area contributed by atoms with Crippen molar-refractivity contribution in [3.05, 3.63) is 50.4 Å². The number of alkyl halides is 1. The highest BCUT2D eigenvalue weighted by Gasteiger charge is 2.10. The molecule has 0 radical (unpaired) electrons. The Morgan fingerprint density at radius 2 is 1.88 bits per heavy atom. The topological polar surface area (TPSA) is 17.8 Å². The number of hydrogen-bond donors (Lipinski definition) is 0. The van der Waals surface area contributed by atoms with Crippen molar-refractivity contribution in [2.75, 3.05) is 0 Å². The van der Waals surface area contributed by atoms with Gasteiger partial charge < -0.3 is 0 Å². The van der Waals surface area contributed by atoms with Gasteiger partial charge in [0.1, 0.15) is 0 Å². The molecule has 90 valence electrons. The van der Waals surface area contributed by atoms with Crippen LogP contribution in [0, 0.1) is 17.4 Å². The third-order valence-electron chi connectivity index (χ3n) is 2.91. The monoisotopic (exact) mass is 360 g/mol. The summed E-state index contributed by atoms with van der Waals surface area (Å²) in [6.45, 7) is 4.89. The van der Waals surface area contributed by atoms with Crippen LogP contribution in [0.3, 0.4) is 0 Å². The van der Waals surface area contributed by atoms with Crippen LogP contribution in [0.1, 0.15) is 22.5 Å². The Hall–Kier alpha value is -0.550. The summed E-state index contributed by atoms with van der Waals surface area (Å²) in [4.78, 5) is 0. The second-order valence-corrected chi connectivity index (χ2v) is 5.58. The van der Waals surface area contributed by atoms with Crippen molar-refractivity contribution < 1.29 is 0 Å². The molecular weight excluding hydrogens is 347 g/mol. The van der Waals surface area contributed by atoms with Crippen molar-refractivity contribution in [2.24, 2.45) is 0 Å². The molecule has 2 aromatic rings. The molecule has 2 rings (SSSR count). The van der Waals surface area contributed by atoms with Crippen molar-refractivity contribution in [3.63, 3.8) is 0 Å². The fraction of sp³-hybridized carbons (Fsp3) is 0.308. The highest BCUT2D eigenvalue weighted by Crippen LogP contribution is 2.17. The lowest BCUT2D eigenvalue weighted by Gasteiger charge is -2.05. The molecule has 0 N–H and O–H groups in total. The first-order chi connectivity index (χ1) is 8.11. The van der Waals surface area contributed by atoms with E-state index in [0.29, 0.717) is 5.88 Å². The summed E-state index contributed by atoms with van der Waals surface area (Å²) in [6, 6.07) is 8.51. The van der Waals surface area contributed by atoms with Crippen molar-refractivity contribution in [1.29, 1.82) is 0 Å².